The van der Waals surface area contributed by atoms with Gasteiger partial charge in [-0.25, -0.2) is 0 Å². The maximum Gasteiger partial charge on any atom is 0.0707 e. The number of nitrogens with zero attached hydrogens (tertiary/aromatic N) is 1. The molecule has 0 aromatic rings. The van der Waals surface area contributed by atoms with E-state index in [2.05, 4.69) is 11.9 Å². The molecule has 1 saturated heterocycles. The molecule has 3 nitrogen and oxygen atoms in total. The van der Waals surface area contributed by atoms with Crippen molar-refractivity contribution < 1.29 is 5.11 Å². The summed E-state index contributed by atoms with van der Waals surface area (Å²) in [5.41, 5.74) is 5.40. The third-order valence-electron chi connectivity index (χ3n) is 2.73. The van der Waals surface area contributed by atoms with Gasteiger partial charge in [-0.3, -0.25) is 0 Å². The van der Waals surface area contributed by atoms with Gasteiger partial charge in [0.25, 0.3) is 0 Å². The first kappa shape index (κ1) is 9.96. The summed E-state index contributed by atoms with van der Waals surface area (Å²) in [6.07, 6.45) is 4.14. The van der Waals surface area contributed by atoms with Crippen LogP contribution in [0.2, 0.25) is 0 Å². The second-order valence-electron chi connectivity index (χ2n) is 3.69. The number of likely N-dealkylation sites (tertiary alicyclic amines) is 1. The van der Waals surface area contributed by atoms with E-state index >= 15 is 0 Å². The number of rotatable bonds is 3. The number of piperidine rings is 1. The molecule has 3 heteroatoms. The van der Waals surface area contributed by atoms with Crippen LogP contribution in [-0.2, 0) is 0 Å². The lowest BCUT2D eigenvalue weighted by molar-refractivity contribution is 0.0375. The molecule has 2 atom stereocenters. The van der Waals surface area contributed by atoms with Crippen LogP contribution in [0.1, 0.15) is 25.7 Å². The molecule has 72 valence electrons. The van der Waals surface area contributed by atoms with E-state index in [9.17, 15) is 5.11 Å². The summed E-state index contributed by atoms with van der Waals surface area (Å²) in [5, 5.41) is 9.72. The quantitative estimate of drug-likeness (QED) is 0.638. The summed E-state index contributed by atoms with van der Waals surface area (Å²) in [5.74, 6) is 0. The Balaban J connectivity index is 2.36. The lowest BCUT2D eigenvalue weighted by Crippen LogP contribution is -2.45. The van der Waals surface area contributed by atoms with Crippen molar-refractivity contribution in [3.8, 4) is 0 Å². The fourth-order valence-corrected chi connectivity index (χ4v) is 1.95. The zero-order valence-corrected chi connectivity index (χ0v) is 7.87. The highest BCUT2D eigenvalue weighted by Crippen LogP contribution is 2.18. The molecule has 0 saturated carbocycles. The van der Waals surface area contributed by atoms with Crippen LogP contribution in [0.15, 0.2) is 0 Å². The number of aliphatic hydroxyl groups is 1. The van der Waals surface area contributed by atoms with Crippen molar-refractivity contribution in [2.45, 2.75) is 37.8 Å². The highest BCUT2D eigenvalue weighted by atomic mass is 16.3. The fourth-order valence-electron chi connectivity index (χ4n) is 1.95. The molecule has 1 heterocycles. The SMILES string of the molecule is CN1CCCCC1[C@@H](O)CCN. The van der Waals surface area contributed by atoms with Gasteiger partial charge in [0.05, 0.1) is 6.10 Å². The van der Waals surface area contributed by atoms with Gasteiger partial charge in [0.15, 0.2) is 0 Å². The van der Waals surface area contributed by atoms with E-state index in [1.807, 2.05) is 0 Å². The van der Waals surface area contributed by atoms with Gasteiger partial charge in [0.1, 0.15) is 0 Å². The Kier molecular flexibility index (Phi) is 3.98. The van der Waals surface area contributed by atoms with Crippen molar-refractivity contribution in [1.29, 1.82) is 0 Å². The summed E-state index contributed by atoms with van der Waals surface area (Å²) in [7, 11) is 2.09. The molecular weight excluding hydrogens is 152 g/mol. The number of nitrogens with two attached hydrogens (primary N) is 1. The van der Waals surface area contributed by atoms with Crippen molar-refractivity contribution >= 4 is 0 Å². The minimum atomic E-state index is -0.222. The standard InChI is InChI=1S/C9H20N2O/c1-11-7-3-2-4-8(11)9(12)5-6-10/h8-9,12H,2-7,10H2,1H3/t8?,9-/m0/s1. The molecule has 0 radical (unpaired) electrons. The van der Waals surface area contributed by atoms with E-state index in [1.54, 1.807) is 0 Å². The van der Waals surface area contributed by atoms with Crippen LogP contribution in [0.5, 0.6) is 0 Å². The van der Waals surface area contributed by atoms with Crippen molar-refractivity contribution in [2.75, 3.05) is 20.1 Å². The van der Waals surface area contributed by atoms with Gasteiger partial charge >= 0.3 is 0 Å². The molecule has 12 heavy (non-hydrogen) atoms. The average molecular weight is 172 g/mol. The molecule has 0 aliphatic carbocycles. The molecule has 0 bridgehead atoms. The second-order valence-corrected chi connectivity index (χ2v) is 3.69. The third kappa shape index (κ3) is 2.44. The molecule has 0 aromatic carbocycles. The largest absolute Gasteiger partial charge is 0.391 e. The third-order valence-corrected chi connectivity index (χ3v) is 2.73. The Morgan fingerprint density at radius 3 is 2.92 bits per heavy atom. The van der Waals surface area contributed by atoms with Crippen molar-refractivity contribution in [2.24, 2.45) is 5.73 Å². The van der Waals surface area contributed by atoms with E-state index in [-0.39, 0.29) is 6.10 Å². The minimum Gasteiger partial charge on any atom is -0.391 e. The fraction of sp³-hybridized carbons (Fsp3) is 1.00. The van der Waals surface area contributed by atoms with Gasteiger partial charge in [0.2, 0.25) is 0 Å². The molecule has 0 aromatic heterocycles. The van der Waals surface area contributed by atoms with Crippen LogP contribution in [0.25, 0.3) is 0 Å². The van der Waals surface area contributed by atoms with Crippen LogP contribution in [0.4, 0.5) is 0 Å². The van der Waals surface area contributed by atoms with E-state index in [0.29, 0.717) is 12.6 Å². The van der Waals surface area contributed by atoms with Gasteiger partial charge in [-0.05, 0) is 39.4 Å². The van der Waals surface area contributed by atoms with E-state index < -0.39 is 0 Å². The Morgan fingerprint density at radius 2 is 2.33 bits per heavy atom. The first-order valence-electron chi connectivity index (χ1n) is 4.84. The number of hydrogen-bond donors (Lipinski definition) is 2. The zero-order chi connectivity index (χ0) is 8.97. The number of aliphatic hydroxyl groups excluding tert-OH is 1. The molecular formula is C9H20N2O. The van der Waals surface area contributed by atoms with Gasteiger partial charge in [0, 0.05) is 6.04 Å². The molecule has 0 amide bonds. The molecule has 0 spiro atoms. The highest BCUT2D eigenvalue weighted by molar-refractivity contribution is 4.80. The molecule has 1 rings (SSSR count). The normalized spacial score (nSPS) is 28.8. The van der Waals surface area contributed by atoms with Gasteiger partial charge in [-0.2, -0.15) is 0 Å². The van der Waals surface area contributed by atoms with Crippen LogP contribution in [-0.4, -0.2) is 42.3 Å². The van der Waals surface area contributed by atoms with Gasteiger partial charge < -0.3 is 15.7 Å². The summed E-state index contributed by atoms with van der Waals surface area (Å²) in [6, 6.07) is 0.349. The minimum absolute atomic E-state index is 0.222. The molecule has 1 fully saturated rings. The Bertz CT molecular complexity index is 130. The van der Waals surface area contributed by atoms with E-state index in [4.69, 9.17) is 5.73 Å². The molecule has 1 aliphatic rings. The Morgan fingerprint density at radius 1 is 1.58 bits per heavy atom. The van der Waals surface area contributed by atoms with Crippen molar-refractivity contribution in [1.82, 2.24) is 4.90 Å². The van der Waals surface area contributed by atoms with Crippen LogP contribution >= 0.6 is 0 Å². The van der Waals surface area contributed by atoms with E-state index in [1.165, 1.54) is 12.8 Å². The Hall–Kier alpha value is -0.120. The smallest absolute Gasteiger partial charge is 0.0707 e. The van der Waals surface area contributed by atoms with Gasteiger partial charge in [-0.15, -0.1) is 0 Å². The van der Waals surface area contributed by atoms with Crippen LogP contribution in [0, 0.1) is 0 Å². The van der Waals surface area contributed by atoms with Gasteiger partial charge in [-0.1, -0.05) is 6.42 Å². The highest BCUT2D eigenvalue weighted by Gasteiger charge is 2.24. The van der Waals surface area contributed by atoms with Crippen LogP contribution < -0.4 is 5.73 Å². The second kappa shape index (κ2) is 4.80. The predicted octanol–water partition coefficient (Wildman–Crippen LogP) is 0.180. The topological polar surface area (TPSA) is 49.5 Å². The summed E-state index contributed by atoms with van der Waals surface area (Å²) in [6.45, 7) is 1.71. The summed E-state index contributed by atoms with van der Waals surface area (Å²) >= 11 is 0. The zero-order valence-electron chi connectivity index (χ0n) is 7.87. The number of likely N-dealkylation sites (N-methyl/N-ethyl adjacent to an activating group) is 1. The predicted molar refractivity (Wildman–Crippen MR) is 49.9 cm³/mol. The molecule has 1 unspecified atom stereocenters. The lowest BCUT2D eigenvalue weighted by Gasteiger charge is -2.35. The summed E-state index contributed by atoms with van der Waals surface area (Å²) in [4.78, 5) is 2.25. The first-order valence-corrected chi connectivity index (χ1v) is 4.84. The maximum atomic E-state index is 9.72. The first-order chi connectivity index (χ1) is 5.75. The van der Waals surface area contributed by atoms with Crippen molar-refractivity contribution in [3.05, 3.63) is 0 Å². The van der Waals surface area contributed by atoms with Crippen LogP contribution in [0.3, 0.4) is 0 Å². The monoisotopic (exact) mass is 172 g/mol. The Labute approximate surface area is 74.5 Å². The molecule has 3 N–H and O–H groups in total. The lowest BCUT2D eigenvalue weighted by atomic mass is 9.96. The maximum absolute atomic E-state index is 9.72. The van der Waals surface area contributed by atoms with Crippen molar-refractivity contribution in [3.63, 3.8) is 0 Å². The molecule has 1 aliphatic heterocycles. The number of hydrogen-bond acceptors (Lipinski definition) is 3. The summed E-state index contributed by atoms with van der Waals surface area (Å²) < 4.78 is 0. The van der Waals surface area contributed by atoms with E-state index in [0.717, 1.165) is 19.4 Å². The average Bonchev–Trinajstić information content (AvgIpc) is 2.05.